The van der Waals surface area contributed by atoms with Crippen LogP contribution in [0.25, 0.3) is 11.4 Å². The lowest BCUT2D eigenvalue weighted by Gasteiger charge is -2.05. The molecule has 9 heteroatoms. The summed E-state index contributed by atoms with van der Waals surface area (Å²) in [7, 11) is 0. The van der Waals surface area contributed by atoms with Crippen LogP contribution < -0.4 is 0 Å². The summed E-state index contributed by atoms with van der Waals surface area (Å²) in [5.41, 5.74) is 3.32. The van der Waals surface area contributed by atoms with Crippen LogP contribution in [0.3, 0.4) is 0 Å². The van der Waals surface area contributed by atoms with Gasteiger partial charge in [0.25, 0.3) is 11.6 Å². The number of rotatable bonds is 7. The molecule has 4 rings (SSSR count). The zero-order chi connectivity index (χ0) is 20.2. The minimum absolute atomic E-state index is 0.0210. The highest BCUT2D eigenvalue weighted by Gasteiger charge is 2.14. The van der Waals surface area contributed by atoms with Crippen molar-refractivity contribution in [3.8, 4) is 11.4 Å². The molecule has 29 heavy (non-hydrogen) atoms. The van der Waals surface area contributed by atoms with Crippen molar-refractivity contribution in [3.05, 3.63) is 69.6 Å². The molecule has 0 atom stereocenters. The fraction of sp³-hybridized carbons (Fsp3) is 0.250. The first-order valence-corrected chi connectivity index (χ1v) is 10.0. The van der Waals surface area contributed by atoms with Gasteiger partial charge in [0.1, 0.15) is 0 Å². The zero-order valence-electron chi connectivity index (χ0n) is 15.4. The number of nitrogens with zero attached hydrogens (tertiary/aromatic N) is 3. The fourth-order valence-corrected chi connectivity index (χ4v) is 3.88. The van der Waals surface area contributed by atoms with E-state index in [9.17, 15) is 14.9 Å². The molecule has 0 radical (unpaired) electrons. The SMILES string of the molecule is O=C(CSc1ccc2c(c1)CCC2)OCc1nc(-c2ccc([N+](=O)[O-])cc2)no1. The normalized spacial score (nSPS) is 12.6. The van der Waals surface area contributed by atoms with E-state index in [1.54, 1.807) is 0 Å². The van der Waals surface area contributed by atoms with Crippen molar-refractivity contribution in [3.63, 3.8) is 0 Å². The summed E-state index contributed by atoms with van der Waals surface area (Å²) >= 11 is 1.44. The molecule has 0 aliphatic heterocycles. The maximum Gasteiger partial charge on any atom is 0.316 e. The van der Waals surface area contributed by atoms with Crippen LogP contribution in [-0.2, 0) is 29.0 Å². The highest BCUT2D eigenvalue weighted by molar-refractivity contribution is 8.00. The average molecular weight is 411 g/mol. The summed E-state index contributed by atoms with van der Waals surface area (Å²) in [5, 5.41) is 14.5. The van der Waals surface area contributed by atoms with Crippen LogP contribution in [0.15, 0.2) is 51.9 Å². The van der Waals surface area contributed by atoms with E-state index in [2.05, 4.69) is 22.3 Å². The molecule has 0 fully saturated rings. The summed E-state index contributed by atoms with van der Waals surface area (Å²) < 4.78 is 10.3. The molecule has 0 bridgehead atoms. The predicted molar refractivity (Wildman–Crippen MR) is 105 cm³/mol. The summed E-state index contributed by atoms with van der Waals surface area (Å²) in [6.07, 6.45) is 3.42. The first kappa shape index (κ1) is 19.1. The van der Waals surface area contributed by atoms with Gasteiger partial charge in [0.2, 0.25) is 5.82 Å². The number of aryl methyl sites for hydroxylation is 2. The van der Waals surface area contributed by atoms with Crippen LogP contribution >= 0.6 is 11.8 Å². The van der Waals surface area contributed by atoms with Gasteiger partial charge in [0.05, 0.1) is 10.7 Å². The van der Waals surface area contributed by atoms with Crippen LogP contribution in [0, 0.1) is 10.1 Å². The smallest absolute Gasteiger partial charge is 0.316 e. The van der Waals surface area contributed by atoms with Crippen LogP contribution in [0.2, 0.25) is 0 Å². The number of fused-ring (bicyclic) bond motifs is 1. The summed E-state index contributed by atoms with van der Waals surface area (Å²) in [5.74, 6) is 0.264. The Labute approximate surface area is 170 Å². The van der Waals surface area contributed by atoms with Crippen molar-refractivity contribution >= 4 is 23.4 Å². The molecule has 0 saturated carbocycles. The number of thioether (sulfide) groups is 1. The summed E-state index contributed by atoms with van der Waals surface area (Å²) in [6, 6.07) is 12.1. The quantitative estimate of drug-likeness (QED) is 0.249. The zero-order valence-corrected chi connectivity index (χ0v) is 16.2. The molecule has 0 unspecified atom stereocenters. The molecule has 0 saturated heterocycles. The number of esters is 1. The van der Waals surface area contributed by atoms with Crippen molar-refractivity contribution in [2.75, 3.05) is 5.75 Å². The Kier molecular flexibility index (Phi) is 5.57. The maximum atomic E-state index is 12.0. The van der Waals surface area contributed by atoms with Gasteiger partial charge in [-0.1, -0.05) is 11.2 Å². The predicted octanol–water partition coefficient (Wildman–Crippen LogP) is 3.97. The molecule has 8 nitrogen and oxygen atoms in total. The molecule has 0 amide bonds. The summed E-state index contributed by atoms with van der Waals surface area (Å²) in [4.78, 5) is 27.4. The highest BCUT2D eigenvalue weighted by Crippen LogP contribution is 2.27. The van der Waals surface area contributed by atoms with Gasteiger partial charge < -0.3 is 9.26 Å². The maximum absolute atomic E-state index is 12.0. The fourth-order valence-electron chi connectivity index (χ4n) is 3.13. The Morgan fingerprint density at radius 3 is 2.76 bits per heavy atom. The number of aromatic nitrogens is 2. The minimum atomic E-state index is -0.480. The van der Waals surface area contributed by atoms with Gasteiger partial charge in [-0.05, 0) is 54.7 Å². The van der Waals surface area contributed by atoms with Gasteiger partial charge in [-0.25, -0.2) is 0 Å². The molecule has 1 aromatic heterocycles. The third-order valence-electron chi connectivity index (χ3n) is 4.59. The number of non-ortho nitro benzene ring substituents is 1. The van der Waals surface area contributed by atoms with E-state index in [1.165, 1.54) is 53.6 Å². The van der Waals surface area contributed by atoms with Crippen LogP contribution in [0.5, 0.6) is 0 Å². The third kappa shape index (κ3) is 4.62. The standard InChI is InChI=1S/C20H17N3O5S/c24-19(12-29-17-9-6-13-2-1-3-15(13)10-17)27-11-18-21-20(22-28-18)14-4-7-16(8-5-14)23(25)26/h4-10H,1-3,11-12H2. The van der Waals surface area contributed by atoms with E-state index < -0.39 is 4.92 Å². The number of carbonyl (C=O) groups excluding carboxylic acids is 1. The van der Waals surface area contributed by atoms with Gasteiger partial charge in [0, 0.05) is 22.6 Å². The van der Waals surface area contributed by atoms with Crippen LogP contribution in [0.1, 0.15) is 23.4 Å². The monoisotopic (exact) mass is 411 g/mol. The lowest BCUT2D eigenvalue weighted by atomic mass is 10.1. The van der Waals surface area contributed by atoms with Gasteiger partial charge in [-0.2, -0.15) is 4.98 Å². The van der Waals surface area contributed by atoms with E-state index in [-0.39, 0.29) is 35.7 Å². The number of nitro benzene ring substituents is 1. The van der Waals surface area contributed by atoms with Crippen molar-refractivity contribution in [1.29, 1.82) is 0 Å². The van der Waals surface area contributed by atoms with Crippen molar-refractivity contribution in [1.82, 2.24) is 10.1 Å². The topological polar surface area (TPSA) is 108 Å². The number of ether oxygens (including phenoxy) is 1. The summed E-state index contributed by atoms with van der Waals surface area (Å²) in [6.45, 7) is -0.121. The first-order valence-electron chi connectivity index (χ1n) is 9.06. The molecule has 3 aromatic rings. The van der Waals surface area contributed by atoms with E-state index in [0.29, 0.717) is 5.56 Å². The van der Waals surface area contributed by atoms with Crippen LogP contribution in [-0.4, -0.2) is 26.8 Å². The Balaban J connectivity index is 1.28. The lowest BCUT2D eigenvalue weighted by Crippen LogP contribution is -2.07. The molecular formula is C20H17N3O5S. The number of benzene rings is 2. The Bertz CT molecular complexity index is 1050. The molecule has 1 heterocycles. The van der Waals surface area contributed by atoms with E-state index >= 15 is 0 Å². The Hall–Kier alpha value is -3.20. The number of nitro groups is 1. The molecule has 1 aliphatic rings. The van der Waals surface area contributed by atoms with E-state index in [4.69, 9.17) is 9.26 Å². The Morgan fingerprint density at radius 2 is 1.97 bits per heavy atom. The molecule has 148 valence electrons. The van der Waals surface area contributed by atoms with E-state index in [1.807, 2.05) is 6.07 Å². The third-order valence-corrected chi connectivity index (χ3v) is 5.55. The van der Waals surface area contributed by atoms with Crippen molar-refractivity contribution in [2.24, 2.45) is 0 Å². The second-order valence-electron chi connectivity index (χ2n) is 6.55. The molecular weight excluding hydrogens is 394 g/mol. The second-order valence-corrected chi connectivity index (χ2v) is 7.60. The van der Waals surface area contributed by atoms with Gasteiger partial charge >= 0.3 is 5.97 Å². The first-order chi connectivity index (χ1) is 14.1. The van der Waals surface area contributed by atoms with Gasteiger partial charge in [0.15, 0.2) is 6.61 Å². The molecule has 1 aliphatic carbocycles. The Morgan fingerprint density at radius 1 is 1.17 bits per heavy atom. The van der Waals surface area contributed by atoms with Crippen molar-refractivity contribution in [2.45, 2.75) is 30.8 Å². The number of hydrogen-bond acceptors (Lipinski definition) is 8. The molecule has 2 aromatic carbocycles. The van der Waals surface area contributed by atoms with Gasteiger partial charge in [-0.15, -0.1) is 11.8 Å². The minimum Gasteiger partial charge on any atom is -0.455 e. The highest BCUT2D eigenvalue weighted by atomic mass is 32.2. The number of hydrogen-bond donors (Lipinski definition) is 0. The second kappa shape index (κ2) is 8.44. The lowest BCUT2D eigenvalue weighted by molar-refractivity contribution is -0.384. The average Bonchev–Trinajstić information content (AvgIpc) is 3.39. The largest absolute Gasteiger partial charge is 0.455 e. The molecule has 0 spiro atoms. The van der Waals surface area contributed by atoms with Gasteiger partial charge in [-0.3, -0.25) is 14.9 Å². The van der Waals surface area contributed by atoms with E-state index in [0.717, 1.165) is 17.7 Å². The van der Waals surface area contributed by atoms with Crippen LogP contribution in [0.4, 0.5) is 5.69 Å². The molecule has 0 N–H and O–H groups in total. The number of carbonyl (C=O) groups is 1. The van der Waals surface area contributed by atoms with Crippen molar-refractivity contribution < 1.29 is 19.0 Å².